The van der Waals surface area contributed by atoms with Gasteiger partial charge in [0.15, 0.2) is 11.5 Å². The molecule has 0 unspecified atom stereocenters. The molecule has 4 heteroatoms. The number of phenolic OH excluding ortho intramolecular Hbond substituents is 1. The van der Waals surface area contributed by atoms with Gasteiger partial charge in [-0.3, -0.25) is 0 Å². The summed E-state index contributed by atoms with van der Waals surface area (Å²) in [5, 5.41) is 9.86. The zero-order chi connectivity index (χ0) is 10.1. The Morgan fingerprint density at radius 3 is 3.00 bits per heavy atom. The van der Waals surface area contributed by atoms with Crippen molar-refractivity contribution in [3.8, 4) is 11.5 Å². The topological polar surface area (TPSA) is 32.7 Å². The first-order chi connectivity index (χ1) is 6.72. The molecule has 0 fully saturated rings. The first-order valence-corrected chi connectivity index (χ1v) is 5.21. The number of aromatic hydroxyl groups is 1. The quantitative estimate of drug-likeness (QED) is 0.783. The van der Waals surface area contributed by atoms with Crippen LogP contribution < -0.4 is 4.74 Å². The van der Waals surface area contributed by atoms with Gasteiger partial charge in [0.25, 0.3) is 0 Å². The number of hydrogen-bond acceptors (Lipinski definition) is 3. The summed E-state index contributed by atoms with van der Waals surface area (Å²) in [6.45, 7) is 1.74. The lowest BCUT2D eigenvalue weighted by Crippen LogP contribution is -2.21. The second kappa shape index (κ2) is 3.79. The molecule has 1 N–H and O–H groups in total. The second-order valence-corrected chi connectivity index (χ2v) is 4.35. The van der Waals surface area contributed by atoms with Crippen molar-refractivity contribution in [2.45, 2.75) is 13.0 Å². The van der Waals surface area contributed by atoms with Crippen LogP contribution >= 0.6 is 16.1 Å². The van der Waals surface area contributed by atoms with Crippen LogP contribution in [0, 0.1) is 0 Å². The van der Waals surface area contributed by atoms with E-state index in [-0.39, 0.29) is 0 Å². The maximum absolute atomic E-state index is 9.86. The Bertz CT molecular complexity index is 354. The Hall–Kier alpha value is -0.740. The van der Waals surface area contributed by atoms with Gasteiger partial charge in [-0.05, 0) is 18.1 Å². The molecule has 1 aliphatic heterocycles. The molecule has 0 radical (unpaired) electrons. The lowest BCUT2D eigenvalue weighted by Gasteiger charge is -2.24. The van der Waals surface area contributed by atoms with Gasteiger partial charge in [0, 0.05) is 34.8 Å². The van der Waals surface area contributed by atoms with Crippen molar-refractivity contribution in [1.82, 2.24) is 3.93 Å². The van der Waals surface area contributed by atoms with Gasteiger partial charge in [-0.25, -0.2) is 3.93 Å². The van der Waals surface area contributed by atoms with Gasteiger partial charge < -0.3 is 9.84 Å². The first kappa shape index (κ1) is 9.80. The number of rotatable bonds is 1. The molecule has 0 spiro atoms. The summed E-state index contributed by atoms with van der Waals surface area (Å²) in [5.74, 6) is 0.859. The first-order valence-electron chi connectivity index (χ1n) is 4.51. The van der Waals surface area contributed by atoms with Crippen LogP contribution in [0.3, 0.4) is 0 Å². The molecule has 0 aromatic heterocycles. The van der Waals surface area contributed by atoms with E-state index in [0.717, 1.165) is 30.6 Å². The predicted molar refractivity (Wildman–Crippen MR) is 57.7 cm³/mol. The van der Waals surface area contributed by atoms with Crippen LogP contribution in [-0.4, -0.2) is 22.7 Å². The van der Waals surface area contributed by atoms with Crippen LogP contribution in [0.2, 0.25) is 0 Å². The average Bonchev–Trinajstić information content (AvgIpc) is 2.18. The smallest absolute Gasteiger partial charge is 0.161 e. The van der Waals surface area contributed by atoms with E-state index in [1.165, 1.54) is 0 Å². The number of nitrogens with zero attached hydrogens (tertiary/aromatic N) is 1. The summed E-state index contributed by atoms with van der Waals surface area (Å²) in [6.07, 6.45) is 0.851. The summed E-state index contributed by atoms with van der Waals surface area (Å²) in [4.78, 5) is 0. The van der Waals surface area contributed by atoms with E-state index in [4.69, 9.17) is 4.74 Å². The molecule has 14 heavy (non-hydrogen) atoms. The summed E-state index contributed by atoms with van der Waals surface area (Å²) >= 11 is 3.44. The number of methoxy groups -OCH3 is 1. The number of ether oxygens (including phenoxy) is 1. The maximum Gasteiger partial charge on any atom is 0.161 e. The Morgan fingerprint density at radius 2 is 2.29 bits per heavy atom. The molecule has 1 aromatic carbocycles. The molecular formula is C10H12BrNO2. The van der Waals surface area contributed by atoms with E-state index in [1.807, 2.05) is 6.07 Å². The van der Waals surface area contributed by atoms with E-state index in [0.29, 0.717) is 11.5 Å². The summed E-state index contributed by atoms with van der Waals surface area (Å²) in [5.41, 5.74) is 2.17. The van der Waals surface area contributed by atoms with Gasteiger partial charge in [-0.1, -0.05) is 6.07 Å². The highest BCUT2D eigenvalue weighted by atomic mass is 79.9. The maximum atomic E-state index is 9.86. The monoisotopic (exact) mass is 257 g/mol. The molecular weight excluding hydrogens is 246 g/mol. The molecule has 0 atom stereocenters. The highest BCUT2D eigenvalue weighted by molar-refractivity contribution is 9.07. The van der Waals surface area contributed by atoms with Crippen LogP contribution in [0.5, 0.6) is 11.5 Å². The third kappa shape index (κ3) is 1.60. The molecule has 1 aromatic rings. The van der Waals surface area contributed by atoms with Crippen LogP contribution in [0.4, 0.5) is 0 Å². The fourth-order valence-electron chi connectivity index (χ4n) is 1.75. The lowest BCUT2D eigenvalue weighted by molar-refractivity contribution is 0.363. The van der Waals surface area contributed by atoms with Crippen LogP contribution in [0.1, 0.15) is 11.1 Å². The van der Waals surface area contributed by atoms with Gasteiger partial charge in [-0.2, -0.15) is 0 Å². The van der Waals surface area contributed by atoms with E-state index in [1.54, 1.807) is 13.2 Å². The van der Waals surface area contributed by atoms with Crippen molar-refractivity contribution >= 4 is 16.1 Å². The molecule has 1 heterocycles. The number of benzene rings is 1. The molecule has 0 bridgehead atoms. The van der Waals surface area contributed by atoms with Crippen molar-refractivity contribution in [2.24, 2.45) is 0 Å². The lowest BCUT2D eigenvalue weighted by atomic mass is 9.99. The minimum Gasteiger partial charge on any atom is -0.504 e. The van der Waals surface area contributed by atoms with Gasteiger partial charge in [-0.15, -0.1) is 0 Å². The number of phenols is 1. The second-order valence-electron chi connectivity index (χ2n) is 3.35. The van der Waals surface area contributed by atoms with E-state index in [9.17, 15) is 5.11 Å². The summed E-state index contributed by atoms with van der Waals surface area (Å²) in [6, 6.07) is 3.81. The Labute approximate surface area is 91.6 Å². The van der Waals surface area contributed by atoms with Crippen molar-refractivity contribution in [3.63, 3.8) is 0 Å². The van der Waals surface area contributed by atoms with E-state index < -0.39 is 0 Å². The third-order valence-electron chi connectivity index (χ3n) is 2.51. The Balaban J connectivity index is 2.43. The average molecular weight is 258 g/mol. The Kier molecular flexibility index (Phi) is 2.65. The van der Waals surface area contributed by atoms with Crippen molar-refractivity contribution in [2.75, 3.05) is 13.7 Å². The standard InChI is InChI=1S/C10H12BrNO2/c1-14-9-3-2-7-6-12(11)5-4-8(7)10(9)13/h2-3,13H,4-6H2,1H3. The van der Waals surface area contributed by atoms with Crippen LogP contribution in [0.25, 0.3) is 0 Å². The fraction of sp³-hybridized carbons (Fsp3) is 0.400. The largest absolute Gasteiger partial charge is 0.504 e. The molecule has 0 aliphatic carbocycles. The number of halogens is 1. The zero-order valence-electron chi connectivity index (χ0n) is 7.96. The molecule has 0 saturated carbocycles. The molecule has 76 valence electrons. The molecule has 0 amide bonds. The predicted octanol–water partition coefficient (Wildman–Crippen LogP) is 2.07. The minimum absolute atomic E-state index is 0.297. The normalized spacial score (nSPS) is 16.4. The van der Waals surface area contributed by atoms with Crippen LogP contribution in [0.15, 0.2) is 12.1 Å². The fourth-order valence-corrected chi connectivity index (χ4v) is 2.19. The SMILES string of the molecule is COc1ccc2c(c1O)CCN(Br)C2. The third-order valence-corrected chi connectivity index (χ3v) is 3.11. The van der Waals surface area contributed by atoms with E-state index >= 15 is 0 Å². The van der Waals surface area contributed by atoms with Crippen molar-refractivity contribution < 1.29 is 9.84 Å². The molecule has 0 saturated heterocycles. The molecule has 1 aliphatic rings. The van der Waals surface area contributed by atoms with Gasteiger partial charge >= 0.3 is 0 Å². The Morgan fingerprint density at radius 1 is 1.50 bits per heavy atom. The van der Waals surface area contributed by atoms with Gasteiger partial charge in [0.05, 0.1) is 7.11 Å². The summed E-state index contributed by atoms with van der Waals surface area (Å²) in [7, 11) is 1.57. The number of hydrogen-bond donors (Lipinski definition) is 1. The van der Waals surface area contributed by atoms with Gasteiger partial charge in [0.1, 0.15) is 0 Å². The van der Waals surface area contributed by atoms with Crippen molar-refractivity contribution in [3.05, 3.63) is 23.3 Å². The van der Waals surface area contributed by atoms with Gasteiger partial charge in [0.2, 0.25) is 0 Å². The highest BCUT2D eigenvalue weighted by Crippen LogP contribution is 2.35. The summed E-state index contributed by atoms with van der Waals surface area (Å²) < 4.78 is 7.12. The zero-order valence-corrected chi connectivity index (χ0v) is 9.54. The molecule has 2 rings (SSSR count). The van der Waals surface area contributed by atoms with Crippen molar-refractivity contribution in [1.29, 1.82) is 0 Å². The number of fused-ring (bicyclic) bond motifs is 1. The van der Waals surface area contributed by atoms with Crippen LogP contribution in [-0.2, 0) is 13.0 Å². The highest BCUT2D eigenvalue weighted by Gasteiger charge is 2.19. The van der Waals surface area contributed by atoms with E-state index in [2.05, 4.69) is 20.1 Å². The minimum atomic E-state index is 0.297. The molecule has 3 nitrogen and oxygen atoms in total.